The summed E-state index contributed by atoms with van der Waals surface area (Å²) in [6.45, 7) is 8.42. The van der Waals surface area contributed by atoms with Gasteiger partial charge < -0.3 is 19.7 Å². The Labute approximate surface area is 202 Å². The van der Waals surface area contributed by atoms with Crippen molar-refractivity contribution in [3.8, 4) is 5.75 Å². The van der Waals surface area contributed by atoms with Gasteiger partial charge in [-0.25, -0.2) is 0 Å². The molecule has 3 rings (SSSR count). The normalized spacial score (nSPS) is 22.2. The lowest BCUT2D eigenvalue weighted by atomic mass is 10.0. The molecule has 2 heterocycles. The molecule has 1 aromatic heterocycles. The van der Waals surface area contributed by atoms with Crippen LogP contribution in [0, 0.1) is 5.92 Å². The lowest BCUT2D eigenvalue weighted by Gasteiger charge is -2.36. The molecule has 0 radical (unpaired) electrons. The number of ether oxygens (including phenoxy) is 2. The molecular formula is C26H36N4O4. The Bertz CT molecular complexity index is 969. The summed E-state index contributed by atoms with van der Waals surface area (Å²) in [6, 6.07) is 9.26. The first-order valence-corrected chi connectivity index (χ1v) is 11.8. The lowest BCUT2D eigenvalue weighted by Crippen LogP contribution is -2.46. The summed E-state index contributed by atoms with van der Waals surface area (Å²) < 4.78 is 12.0. The lowest BCUT2D eigenvalue weighted by molar-refractivity contribution is -0.115. The van der Waals surface area contributed by atoms with Gasteiger partial charge in [0.1, 0.15) is 12.4 Å². The number of hydrogen-bond donors (Lipinski definition) is 1. The highest BCUT2D eigenvalue weighted by Gasteiger charge is 2.28. The van der Waals surface area contributed by atoms with E-state index in [1.807, 2.05) is 12.3 Å². The van der Waals surface area contributed by atoms with Crippen LogP contribution < -0.4 is 10.1 Å². The maximum absolute atomic E-state index is 13.3. The van der Waals surface area contributed by atoms with Gasteiger partial charge in [-0.2, -0.15) is 0 Å². The number of carbonyl (C=O) groups is 2. The van der Waals surface area contributed by atoms with Gasteiger partial charge in [-0.3, -0.25) is 19.5 Å². The summed E-state index contributed by atoms with van der Waals surface area (Å²) >= 11 is 0. The Morgan fingerprint density at radius 2 is 2.06 bits per heavy atom. The number of amides is 2. The average Bonchev–Trinajstić information content (AvgIpc) is 2.84. The van der Waals surface area contributed by atoms with Gasteiger partial charge in [0.2, 0.25) is 5.91 Å². The molecular weight excluding hydrogens is 432 g/mol. The zero-order chi connectivity index (χ0) is 24.7. The molecule has 34 heavy (non-hydrogen) atoms. The van der Waals surface area contributed by atoms with Crippen molar-refractivity contribution in [3.05, 3.63) is 53.9 Å². The van der Waals surface area contributed by atoms with Crippen LogP contribution in [0.5, 0.6) is 5.75 Å². The van der Waals surface area contributed by atoms with Crippen LogP contribution in [-0.2, 0) is 16.1 Å². The van der Waals surface area contributed by atoms with Crippen molar-refractivity contribution in [2.24, 2.45) is 5.92 Å². The van der Waals surface area contributed by atoms with Gasteiger partial charge in [-0.1, -0.05) is 19.9 Å². The van der Waals surface area contributed by atoms with Gasteiger partial charge in [-0.05, 0) is 36.6 Å². The summed E-state index contributed by atoms with van der Waals surface area (Å²) in [4.78, 5) is 33.5. The molecule has 0 spiro atoms. The van der Waals surface area contributed by atoms with E-state index in [0.717, 1.165) is 18.7 Å². The molecule has 0 unspecified atom stereocenters. The predicted molar refractivity (Wildman–Crippen MR) is 132 cm³/mol. The third-order valence-corrected chi connectivity index (χ3v) is 6.29. The third kappa shape index (κ3) is 6.55. The Kier molecular flexibility index (Phi) is 9.01. The number of fused-ring (bicyclic) bond motifs is 1. The molecule has 1 aliphatic heterocycles. The highest BCUT2D eigenvalue weighted by Crippen LogP contribution is 2.27. The molecule has 8 heteroatoms. The first-order chi connectivity index (χ1) is 16.3. The van der Waals surface area contributed by atoms with Crippen molar-refractivity contribution < 1.29 is 19.1 Å². The number of nitrogens with one attached hydrogen (secondary N) is 1. The highest BCUT2D eigenvalue weighted by molar-refractivity contribution is 5.98. The van der Waals surface area contributed by atoms with Crippen LogP contribution in [0.15, 0.2) is 42.7 Å². The quantitative estimate of drug-likeness (QED) is 0.724. The number of nitrogens with zero attached hydrogens (tertiary/aromatic N) is 3. The van der Waals surface area contributed by atoms with E-state index in [1.165, 1.54) is 0 Å². The van der Waals surface area contributed by atoms with E-state index in [0.29, 0.717) is 36.6 Å². The number of aromatic nitrogens is 1. The van der Waals surface area contributed by atoms with Gasteiger partial charge in [-0.15, -0.1) is 0 Å². The van der Waals surface area contributed by atoms with E-state index in [9.17, 15) is 9.59 Å². The van der Waals surface area contributed by atoms with Crippen LogP contribution in [-0.4, -0.2) is 72.6 Å². The maximum Gasteiger partial charge on any atom is 0.257 e. The van der Waals surface area contributed by atoms with Crippen molar-refractivity contribution >= 4 is 17.5 Å². The zero-order valence-electron chi connectivity index (χ0n) is 20.8. The zero-order valence-corrected chi connectivity index (χ0v) is 20.8. The van der Waals surface area contributed by atoms with Crippen LogP contribution >= 0.6 is 0 Å². The van der Waals surface area contributed by atoms with Gasteiger partial charge >= 0.3 is 0 Å². The van der Waals surface area contributed by atoms with Crippen molar-refractivity contribution in [1.82, 2.24) is 14.8 Å². The highest BCUT2D eigenvalue weighted by atomic mass is 16.5. The molecule has 184 valence electrons. The second kappa shape index (κ2) is 11.9. The van der Waals surface area contributed by atoms with Gasteiger partial charge in [0.25, 0.3) is 5.91 Å². The first-order valence-electron chi connectivity index (χ1n) is 11.8. The second-order valence-electron chi connectivity index (χ2n) is 9.00. The number of rotatable bonds is 5. The van der Waals surface area contributed by atoms with Crippen molar-refractivity contribution in [3.63, 3.8) is 0 Å². The standard InChI is InChI=1S/C26H36N4O4/c1-6-25(31)28-21-9-10-22-23(12-21)34-17-19(3)30(15-20-8-7-11-27-13-20)14-18(2)24(33-5)16-29(4)26(22)32/h7-13,18-19,24H,6,14-17H2,1-5H3,(H,28,31)/t18-,19+,24-/m1/s1. The third-order valence-electron chi connectivity index (χ3n) is 6.29. The number of methoxy groups -OCH3 is 1. The monoisotopic (exact) mass is 468 g/mol. The number of hydrogen-bond acceptors (Lipinski definition) is 6. The number of anilines is 1. The van der Waals surface area contributed by atoms with Crippen molar-refractivity contribution in [2.75, 3.05) is 39.2 Å². The minimum atomic E-state index is -0.141. The Hall–Kier alpha value is -2.97. The molecule has 3 atom stereocenters. The van der Waals surface area contributed by atoms with Gasteiger partial charge in [0.15, 0.2) is 0 Å². The van der Waals surface area contributed by atoms with E-state index < -0.39 is 0 Å². The van der Waals surface area contributed by atoms with Crippen molar-refractivity contribution in [1.29, 1.82) is 0 Å². The van der Waals surface area contributed by atoms with Crippen molar-refractivity contribution in [2.45, 2.75) is 45.9 Å². The number of likely N-dealkylation sites (N-methyl/N-ethyl adjacent to an activating group) is 1. The van der Waals surface area contributed by atoms with E-state index in [1.54, 1.807) is 50.4 Å². The second-order valence-corrected chi connectivity index (χ2v) is 9.00. The summed E-state index contributed by atoms with van der Waals surface area (Å²) in [5.41, 5.74) is 2.20. The van der Waals surface area contributed by atoms with E-state index in [2.05, 4.69) is 35.1 Å². The largest absolute Gasteiger partial charge is 0.491 e. The summed E-state index contributed by atoms with van der Waals surface area (Å²) in [6.07, 6.45) is 3.90. The molecule has 1 N–H and O–H groups in total. The molecule has 0 saturated carbocycles. The van der Waals surface area contributed by atoms with Crippen LogP contribution in [0.4, 0.5) is 5.69 Å². The SMILES string of the molecule is CCC(=O)Nc1ccc2c(c1)OC[C@H](C)N(Cc1cccnc1)C[C@@H](C)[C@H](OC)CN(C)C2=O. The minimum Gasteiger partial charge on any atom is -0.491 e. The molecule has 0 bridgehead atoms. The summed E-state index contributed by atoms with van der Waals surface area (Å²) in [7, 11) is 3.47. The van der Waals surface area contributed by atoms with E-state index in [4.69, 9.17) is 9.47 Å². The molecule has 0 saturated heterocycles. The molecule has 0 fully saturated rings. The minimum absolute atomic E-state index is 0.0640. The fraction of sp³-hybridized carbons (Fsp3) is 0.500. The average molecular weight is 469 g/mol. The van der Waals surface area contributed by atoms with Crippen LogP contribution in [0.2, 0.25) is 0 Å². The van der Waals surface area contributed by atoms with E-state index >= 15 is 0 Å². The van der Waals surface area contributed by atoms with Gasteiger partial charge in [0.05, 0.1) is 11.7 Å². The first kappa shape index (κ1) is 25.6. The fourth-order valence-electron chi connectivity index (χ4n) is 4.12. The van der Waals surface area contributed by atoms with Crippen LogP contribution in [0.3, 0.4) is 0 Å². The van der Waals surface area contributed by atoms with E-state index in [-0.39, 0.29) is 29.9 Å². The summed E-state index contributed by atoms with van der Waals surface area (Å²) in [5.74, 6) is 0.411. The molecule has 1 aromatic carbocycles. The molecule has 0 aliphatic carbocycles. The Morgan fingerprint density at radius 3 is 2.74 bits per heavy atom. The molecule has 1 aliphatic rings. The molecule has 8 nitrogen and oxygen atoms in total. The smallest absolute Gasteiger partial charge is 0.257 e. The predicted octanol–water partition coefficient (Wildman–Crippen LogP) is 3.44. The molecule has 2 amide bonds. The van der Waals surface area contributed by atoms with Crippen LogP contribution in [0.1, 0.15) is 43.1 Å². The van der Waals surface area contributed by atoms with Gasteiger partial charge in [0, 0.05) is 70.4 Å². The molecule has 2 aromatic rings. The Morgan fingerprint density at radius 1 is 1.26 bits per heavy atom. The Balaban J connectivity index is 1.94. The summed E-state index contributed by atoms with van der Waals surface area (Å²) in [5, 5.41) is 2.85. The topological polar surface area (TPSA) is 84.0 Å². The fourth-order valence-corrected chi connectivity index (χ4v) is 4.12. The number of benzene rings is 1. The van der Waals surface area contributed by atoms with Crippen LogP contribution in [0.25, 0.3) is 0 Å². The maximum atomic E-state index is 13.3. The number of pyridine rings is 1. The number of carbonyl (C=O) groups excluding carboxylic acids is 2.